The van der Waals surface area contributed by atoms with Crippen LogP contribution in [0.15, 0.2) is 12.4 Å². The van der Waals surface area contributed by atoms with Crippen molar-refractivity contribution in [3.63, 3.8) is 0 Å². The van der Waals surface area contributed by atoms with Crippen LogP contribution in [0.2, 0.25) is 0 Å². The van der Waals surface area contributed by atoms with Gasteiger partial charge >= 0.3 is 12.1 Å². The van der Waals surface area contributed by atoms with Crippen molar-refractivity contribution in [2.45, 2.75) is 43.6 Å². The topological polar surface area (TPSA) is 88.0 Å². The third-order valence-electron chi connectivity index (χ3n) is 4.86. The minimum atomic E-state index is -5.08. The SMILES string of the molecule is COc1cc(N2CC[C@]3(CCC[C@H](CN(C)C)O3)C2)ncn1.O=C(O)C(F)(F)F. The van der Waals surface area contributed by atoms with Crippen molar-refractivity contribution >= 4 is 11.8 Å². The first kappa shape index (κ1) is 23.1. The molecule has 0 unspecified atom stereocenters. The Morgan fingerprint density at radius 3 is 2.69 bits per heavy atom. The number of likely N-dealkylation sites (N-methyl/N-ethyl adjacent to an activating group) is 1. The first-order chi connectivity index (χ1) is 13.5. The molecule has 164 valence electrons. The Hall–Kier alpha value is -2.14. The summed E-state index contributed by atoms with van der Waals surface area (Å²) in [5.41, 5.74) is -0.00287. The number of aliphatic carboxylic acids is 1. The number of carboxylic acids is 1. The van der Waals surface area contributed by atoms with Crippen LogP contribution in [0.1, 0.15) is 25.7 Å². The lowest BCUT2D eigenvalue weighted by molar-refractivity contribution is -0.192. The molecule has 29 heavy (non-hydrogen) atoms. The number of methoxy groups -OCH3 is 1. The Kier molecular flexibility index (Phi) is 7.64. The van der Waals surface area contributed by atoms with Crippen LogP contribution in [0, 0.1) is 0 Å². The molecule has 0 aliphatic carbocycles. The Bertz CT molecular complexity index is 689. The van der Waals surface area contributed by atoms with Gasteiger partial charge in [-0.05, 0) is 39.8 Å². The molecule has 2 fully saturated rings. The molecule has 3 rings (SSSR count). The first-order valence-corrected chi connectivity index (χ1v) is 9.28. The Morgan fingerprint density at radius 1 is 1.41 bits per heavy atom. The van der Waals surface area contributed by atoms with E-state index < -0.39 is 12.1 Å². The van der Waals surface area contributed by atoms with Crippen LogP contribution < -0.4 is 9.64 Å². The van der Waals surface area contributed by atoms with E-state index in [9.17, 15) is 13.2 Å². The average molecular weight is 420 g/mol. The molecule has 3 heterocycles. The number of nitrogens with zero attached hydrogens (tertiary/aromatic N) is 4. The van der Waals surface area contributed by atoms with Crippen LogP contribution in [-0.2, 0) is 9.53 Å². The van der Waals surface area contributed by atoms with E-state index in [0.29, 0.717) is 12.0 Å². The number of carboxylic acid groups (broad SMARTS) is 1. The number of hydrogen-bond donors (Lipinski definition) is 1. The zero-order valence-corrected chi connectivity index (χ0v) is 16.8. The van der Waals surface area contributed by atoms with Crippen molar-refractivity contribution in [1.82, 2.24) is 14.9 Å². The summed E-state index contributed by atoms with van der Waals surface area (Å²) in [6.45, 7) is 2.90. The number of anilines is 1. The maximum atomic E-state index is 10.6. The normalized spacial score (nSPS) is 24.4. The van der Waals surface area contributed by atoms with Crippen LogP contribution in [0.25, 0.3) is 0 Å². The summed E-state index contributed by atoms with van der Waals surface area (Å²) >= 11 is 0. The fraction of sp³-hybridized carbons (Fsp3) is 0.722. The lowest BCUT2D eigenvalue weighted by Crippen LogP contribution is -2.46. The maximum Gasteiger partial charge on any atom is 0.490 e. The van der Waals surface area contributed by atoms with Gasteiger partial charge < -0.3 is 24.4 Å². The second-order valence-electron chi connectivity index (χ2n) is 7.47. The minimum absolute atomic E-state index is 0.00287. The molecular formula is C18H27F3N4O4. The number of aromatic nitrogens is 2. The first-order valence-electron chi connectivity index (χ1n) is 9.28. The number of halogens is 3. The van der Waals surface area contributed by atoms with Gasteiger partial charge in [0.15, 0.2) is 0 Å². The summed E-state index contributed by atoms with van der Waals surface area (Å²) in [5, 5.41) is 7.12. The van der Waals surface area contributed by atoms with E-state index >= 15 is 0 Å². The zero-order valence-electron chi connectivity index (χ0n) is 16.8. The number of ether oxygens (including phenoxy) is 2. The summed E-state index contributed by atoms with van der Waals surface area (Å²) in [6.07, 6.45) is 1.47. The number of alkyl halides is 3. The van der Waals surface area contributed by atoms with Gasteiger partial charge in [-0.25, -0.2) is 14.8 Å². The Morgan fingerprint density at radius 2 is 2.10 bits per heavy atom. The van der Waals surface area contributed by atoms with E-state index in [1.165, 1.54) is 12.8 Å². The largest absolute Gasteiger partial charge is 0.490 e. The lowest BCUT2D eigenvalue weighted by Gasteiger charge is -2.39. The second kappa shape index (κ2) is 9.57. The average Bonchev–Trinajstić information content (AvgIpc) is 3.04. The molecule has 0 aromatic carbocycles. The second-order valence-corrected chi connectivity index (χ2v) is 7.47. The van der Waals surface area contributed by atoms with Crippen molar-refractivity contribution < 1.29 is 32.5 Å². The molecule has 0 amide bonds. The minimum Gasteiger partial charge on any atom is -0.481 e. The molecule has 0 radical (unpaired) electrons. The summed E-state index contributed by atoms with van der Waals surface area (Å²) in [4.78, 5) is 21.9. The van der Waals surface area contributed by atoms with E-state index in [-0.39, 0.29) is 5.60 Å². The molecular weight excluding hydrogens is 393 g/mol. The highest BCUT2D eigenvalue weighted by Crippen LogP contribution is 2.38. The highest BCUT2D eigenvalue weighted by atomic mass is 19.4. The third-order valence-corrected chi connectivity index (χ3v) is 4.86. The van der Waals surface area contributed by atoms with Gasteiger partial charge in [0.1, 0.15) is 12.1 Å². The molecule has 1 aromatic heterocycles. The highest BCUT2D eigenvalue weighted by molar-refractivity contribution is 5.73. The van der Waals surface area contributed by atoms with Crippen molar-refractivity contribution in [3.8, 4) is 5.88 Å². The molecule has 11 heteroatoms. The monoisotopic (exact) mass is 420 g/mol. The molecule has 2 atom stereocenters. The molecule has 1 aromatic rings. The zero-order chi connectivity index (χ0) is 21.7. The van der Waals surface area contributed by atoms with Gasteiger partial charge in [-0.1, -0.05) is 0 Å². The van der Waals surface area contributed by atoms with Gasteiger partial charge in [-0.15, -0.1) is 0 Å². The summed E-state index contributed by atoms with van der Waals surface area (Å²) in [7, 11) is 5.85. The lowest BCUT2D eigenvalue weighted by atomic mass is 9.90. The van der Waals surface area contributed by atoms with Crippen LogP contribution in [-0.4, -0.2) is 84.7 Å². The van der Waals surface area contributed by atoms with E-state index in [2.05, 4.69) is 33.9 Å². The number of hydrogen-bond acceptors (Lipinski definition) is 7. The fourth-order valence-corrected chi connectivity index (χ4v) is 3.61. The van der Waals surface area contributed by atoms with Crippen molar-refractivity contribution in [1.29, 1.82) is 0 Å². The van der Waals surface area contributed by atoms with Crippen molar-refractivity contribution in [3.05, 3.63) is 12.4 Å². The van der Waals surface area contributed by atoms with E-state index in [0.717, 1.165) is 38.3 Å². The summed E-state index contributed by atoms with van der Waals surface area (Å²) in [6, 6.07) is 1.90. The molecule has 1 spiro atoms. The van der Waals surface area contributed by atoms with Crippen LogP contribution in [0.4, 0.5) is 19.0 Å². The molecule has 2 aliphatic rings. The molecule has 1 N–H and O–H groups in total. The number of rotatable bonds is 4. The van der Waals surface area contributed by atoms with Gasteiger partial charge in [0.05, 0.1) is 18.8 Å². The third kappa shape index (κ3) is 6.70. The van der Waals surface area contributed by atoms with E-state index in [1.807, 2.05) is 6.07 Å². The van der Waals surface area contributed by atoms with Crippen molar-refractivity contribution in [2.75, 3.05) is 45.7 Å². The summed E-state index contributed by atoms with van der Waals surface area (Å²) < 4.78 is 43.4. The van der Waals surface area contributed by atoms with Crippen LogP contribution in [0.5, 0.6) is 5.88 Å². The molecule has 0 saturated carbocycles. The van der Waals surface area contributed by atoms with Crippen molar-refractivity contribution in [2.24, 2.45) is 0 Å². The van der Waals surface area contributed by atoms with Gasteiger partial charge in [0.25, 0.3) is 0 Å². The van der Waals surface area contributed by atoms with Crippen LogP contribution >= 0.6 is 0 Å². The Balaban J connectivity index is 0.000000370. The fourth-order valence-electron chi connectivity index (χ4n) is 3.61. The van der Waals surface area contributed by atoms with E-state index in [1.54, 1.807) is 13.4 Å². The summed E-state index contributed by atoms with van der Waals surface area (Å²) in [5.74, 6) is -1.21. The highest BCUT2D eigenvalue weighted by Gasteiger charge is 2.43. The van der Waals surface area contributed by atoms with Gasteiger partial charge in [0.2, 0.25) is 5.88 Å². The predicted molar refractivity (Wildman–Crippen MR) is 99.1 cm³/mol. The smallest absolute Gasteiger partial charge is 0.481 e. The maximum absolute atomic E-state index is 10.6. The molecule has 2 aliphatic heterocycles. The van der Waals surface area contributed by atoms with Gasteiger partial charge in [-0.3, -0.25) is 0 Å². The van der Waals surface area contributed by atoms with Gasteiger partial charge in [-0.2, -0.15) is 13.2 Å². The number of carbonyl (C=O) groups is 1. The molecule has 0 bridgehead atoms. The standard InChI is InChI=1S/C16H26N4O2.C2HF3O2/c1-19(2)10-13-5-4-6-16(22-13)7-8-20(11-16)14-9-15(21-3)18-12-17-14;3-2(4,5)1(6)7/h9,12-13H,4-8,10-11H2,1-3H3;(H,6,7)/t13-,16-;/m1./s1. The Labute approximate surface area is 167 Å². The quantitative estimate of drug-likeness (QED) is 0.793. The van der Waals surface area contributed by atoms with Crippen LogP contribution in [0.3, 0.4) is 0 Å². The molecule has 8 nitrogen and oxygen atoms in total. The van der Waals surface area contributed by atoms with Gasteiger partial charge in [0, 0.05) is 25.7 Å². The molecule has 2 saturated heterocycles. The van der Waals surface area contributed by atoms with E-state index in [4.69, 9.17) is 19.4 Å². The predicted octanol–water partition coefficient (Wildman–Crippen LogP) is 2.20.